The zero-order valence-electron chi connectivity index (χ0n) is 14.1. The number of rotatable bonds is 5. The average Bonchev–Trinajstić information content (AvgIpc) is 2.40. The lowest BCUT2D eigenvalue weighted by molar-refractivity contribution is 0.0765. The van der Waals surface area contributed by atoms with Crippen molar-refractivity contribution in [2.45, 2.75) is 52.5 Å². The van der Waals surface area contributed by atoms with Gasteiger partial charge in [-0.05, 0) is 50.6 Å². The number of hydrogen-bond donors (Lipinski definition) is 1. The second-order valence-electron chi connectivity index (χ2n) is 7.83. The summed E-state index contributed by atoms with van der Waals surface area (Å²) in [6.45, 7) is 14.7. The lowest BCUT2D eigenvalue weighted by Crippen LogP contribution is -2.51. The minimum Gasteiger partial charge on any atom is -0.314 e. The van der Waals surface area contributed by atoms with Crippen molar-refractivity contribution in [3.63, 3.8) is 0 Å². The molecular weight excluding hydrogens is 246 g/mol. The highest BCUT2D eigenvalue weighted by Gasteiger charge is 2.35. The van der Waals surface area contributed by atoms with E-state index in [0.717, 1.165) is 12.0 Å². The molecule has 20 heavy (non-hydrogen) atoms. The van der Waals surface area contributed by atoms with E-state index in [1.165, 1.54) is 65.0 Å². The van der Waals surface area contributed by atoms with E-state index in [0.29, 0.717) is 5.41 Å². The van der Waals surface area contributed by atoms with Gasteiger partial charge in [0.05, 0.1) is 0 Å². The van der Waals surface area contributed by atoms with Crippen LogP contribution in [-0.2, 0) is 0 Å². The van der Waals surface area contributed by atoms with Crippen molar-refractivity contribution >= 4 is 0 Å². The van der Waals surface area contributed by atoms with Crippen LogP contribution in [0.25, 0.3) is 0 Å². The molecule has 2 atom stereocenters. The summed E-state index contributed by atoms with van der Waals surface area (Å²) >= 11 is 0. The second kappa shape index (κ2) is 7.24. The van der Waals surface area contributed by atoms with Crippen LogP contribution in [0.4, 0.5) is 0 Å². The molecule has 2 aliphatic rings. The normalized spacial score (nSPS) is 32.4. The number of likely N-dealkylation sites (N-methyl/N-ethyl adjacent to an activating group) is 1. The summed E-state index contributed by atoms with van der Waals surface area (Å²) in [6, 6.07) is 0.752. The Morgan fingerprint density at radius 3 is 2.50 bits per heavy atom. The third-order valence-electron chi connectivity index (χ3n) is 5.26. The lowest BCUT2D eigenvalue weighted by Gasteiger charge is -2.44. The highest BCUT2D eigenvalue weighted by Crippen LogP contribution is 2.39. The third-order valence-corrected chi connectivity index (χ3v) is 5.26. The number of piperazine rings is 1. The van der Waals surface area contributed by atoms with Crippen LogP contribution in [0, 0.1) is 11.3 Å². The van der Waals surface area contributed by atoms with Crippen LogP contribution in [0.1, 0.15) is 46.5 Å². The highest BCUT2D eigenvalue weighted by molar-refractivity contribution is 4.90. The molecule has 0 amide bonds. The molecule has 1 N–H and O–H groups in total. The standard InChI is InChI=1S/C17H35N3/c1-5-8-18-16-6-7-17(2,3)13-15(16)14-20-11-9-19(4)10-12-20/h15-16,18H,5-14H2,1-4H3. The molecule has 2 fully saturated rings. The summed E-state index contributed by atoms with van der Waals surface area (Å²) < 4.78 is 0. The first-order valence-electron chi connectivity index (χ1n) is 8.64. The molecule has 3 nitrogen and oxygen atoms in total. The molecular formula is C17H35N3. The maximum Gasteiger partial charge on any atom is 0.0110 e. The Hall–Kier alpha value is -0.120. The van der Waals surface area contributed by atoms with Gasteiger partial charge in [-0.25, -0.2) is 0 Å². The minimum absolute atomic E-state index is 0.543. The molecule has 2 unspecified atom stereocenters. The zero-order chi connectivity index (χ0) is 14.6. The fraction of sp³-hybridized carbons (Fsp3) is 1.00. The summed E-state index contributed by atoms with van der Waals surface area (Å²) in [6.07, 6.45) is 5.39. The molecule has 3 heteroatoms. The summed E-state index contributed by atoms with van der Waals surface area (Å²) in [5, 5.41) is 3.82. The predicted octanol–water partition coefficient (Wildman–Crippen LogP) is 2.43. The van der Waals surface area contributed by atoms with Gasteiger partial charge in [-0.15, -0.1) is 0 Å². The summed E-state index contributed by atoms with van der Waals surface area (Å²) in [5.41, 5.74) is 0.543. The first kappa shape index (κ1) is 16.3. The van der Waals surface area contributed by atoms with Crippen molar-refractivity contribution in [1.29, 1.82) is 0 Å². The van der Waals surface area contributed by atoms with Crippen molar-refractivity contribution in [2.24, 2.45) is 11.3 Å². The SMILES string of the molecule is CCCNC1CCC(C)(C)CC1CN1CCN(C)CC1. The molecule has 1 saturated heterocycles. The van der Waals surface area contributed by atoms with E-state index in [9.17, 15) is 0 Å². The lowest BCUT2D eigenvalue weighted by atomic mass is 9.69. The summed E-state index contributed by atoms with van der Waals surface area (Å²) in [4.78, 5) is 5.15. The molecule has 2 rings (SSSR count). The van der Waals surface area contributed by atoms with Crippen LogP contribution in [0.2, 0.25) is 0 Å². The Kier molecular flexibility index (Phi) is 5.88. The molecule has 0 aromatic rings. The fourth-order valence-electron chi connectivity index (χ4n) is 3.89. The topological polar surface area (TPSA) is 18.5 Å². The fourth-order valence-corrected chi connectivity index (χ4v) is 3.89. The third kappa shape index (κ3) is 4.71. The first-order chi connectivity index (χ1) is 9.50. The summed E-state index contributed by atoms with van der Waals surface area (Å²) in [7, 11) is 2.24. The van der Waals surface area contributed by atoms with Crippen molar-refractivity contribution in [3.8, 4) is 0 Å². The molecule has 0 aromatic carbocycles. The Bertz CT molecular complexity index is 282. The van der Waals surface area contributed by atoms with Crippen LogP contribution in [-0.4, -0.2) is 62.2 Å². The zero-order valence-corrected chi connectivity index (χ0v) is 14.1. The monoisotopic (exact) mass is 281 g/mol. The Morgan fingerprint density at radius 2 is 1.85 bits per heavy atom. The smallest absolute Gasteiger partial charge is 0.0110 e. The van der Waals surface area contributed by atoms with E-state index in [-0.39, 0.29) is 0 Å². The van der Waals surface area contributed by atoms with Gasteiger partial charge in [0.25, 0.3) is 0 Å². The maximum absolute atomic E-state index is 3.82. The molecule has 0 spiro atoms. The quantitative estimate of drug-likeness (QED) is 0.835. The van der Waals surface area contributed by atoms with E-state index in [4.69, 9.17) is 0 Å². The van der Waals surface area contributed by atoms with Crippen LogP contribution in [0.3, 0.4) is 0 Å². The number of hydrogen-bond acceptors (Lipinski definition) is 3. The van der Waals surface area contributed by atoms with Crippen molar-refractivity contribution < 1.29 is 0 Å². The van der Waals surface area contributed by atoms with Gasteiger partial charge in [-0.3, -0.25) is 0 Å². The molecule has 0 aromatic heterocycles. The van der Waals surface area contributed by atoms with E-state index in [2.05, 4.69) is 42.9 Å². The van der Waals surface area contributed by atoms with Crippen LogP contribution in [0.15, 0.2) is 0 Å². The molecule has 0 bridgehead atoms. The maximum atomic E-state index is 3.82. The van der Waals surface area contributed by atoms with Crippen LogP contribution >= 0.6 is 0 Å². The van der Waals surface area contributed by atoms with Gasteiger partial charge in [0.2, 0.25) is 0 Å². The Balaban J connectivity index is 1.89. The first-order valence-corrected chi connectivity index (χ1v) is 8.64. The Labute approximate surface area is 126 Å². The van der Waals surface area contributed by atoms with E-state index in [1.54, 1.807) is 0 Å². The Morgan fingerprint density at radius 1 is 1.15 bits per heavy atom. The molecule has 1 saturated carbocycles. The van der Waals surface area contributed by atoms with Gasteiger partial charge in [-0.1, -0.05) is 20.8 Å². The molecule has 1 heterocycles. The van der Waals surface area contributed by atoms with Gasteiger partial charge in [-0.2, -0.15) is 0 Å². The number of nitrogens with one attached hydrogen (secondary N) is 1. The molecule has 1 aliphatic carbocycles. The van der Waals surface area contributed by atoms with Crippen molar-refractivity contribution in [1.82, 2.24) is 15.1 Å². The summed E-state index contributed by atoms with van der Waals surface area (Å²) in [5.74, 6) is 0.841. The van der Waals surface area contributed by atoms with Gasteiger partial charge in [0, 0.05) is 38.8 Å². The minimum atomic E-state index is 0.543. The van der Waals surface area contributed by atoms with E-state index in [1.807, 2.05) is 0 Å². The number of nitrogens with zero attached hydrogens (tertiary/aromatic N) is 2. The van der Waals surface area contributed by atoms with E-state index >= 15 is 0 Å². The van der Waals surface area contributed by atoms with Gasteiger partial charge < -0.3 is 15.1 Å². The molecule has 0 radical (unpaired) electrons. The van der Waals surface area contributed by atoms with Gasteiger partial charge in [0.15, 0.2) is 0 Å². The largest absolute Gasteiger partial charge is 0.314 e. The van der Waals surface area contributed by atoms with Crippen molar-refractivity contribution in [2.75, 3.05) is 46.3 Å². The van der Waals surface area contributed by atoms with Gasteiger partial charge >= 0.3 is 0 Å². The molecule has 1 aliphatic heterocycles. The second-order valence-corrected chi connectivity index (χ2v) is 7.83. The van der Waals surface area contributed by atoms with Gasteiger partial charge in [0.1, 0.15) is 0 Å². The van der Waals surface area contributed by atoms with E-state index < -0.39 is 0 Å². The van der Waals surface area contributed by atoms with Crippen LogP contribution < -0.4 is 5.32 Å². The average molecular weight is 281 g/mol. The van der Waals surface area contributed by atoms with Crippen LogP contribution in [0.5, 0.6) is 0 Å². The highest BCUT2D eigenvalue weighted by atomic mass is 15.2. The molecule has 118 valence electrons. The van der Waals surface area contributed by atoms with Crippen molar-refractivity contribution in [3.05, 3.63) is 0 Å². The predicted molar refractivity (Wildman–Crippen MR) is 87.1 cm³/mol.